The lowest BCUT2D eigenvalue weighted by atomic mass is 10.3. The summed E-state index contributed by atoms with van der Waals surface area (Å²) in [6.07, 6.45) is 3.00. The van der Waals surface area contributed by atoms with Crippen LogP contribution in [0.5, 0.6) is 0 Å². The Bertz CT molecular complexity index is 531. The molecule has 1 heterocycles. The maximum atomic E-state index is 4.49. The molecule has 0 unspecified atom stereocenters. The number of nitrogens with one attached hydrogen (secondary N) is 1. The van der Waals surface area contributed by atoms with E-state index in [2.05, 4.69) is 51.4 Å². The molecule has 0 spiro atoms. The van der Waals surface area contributed by atoms with Crippen LogP contribution in [-0.4, -0.2) is 11.5 Å². The number of halogens is 1. The summed E-state index contributed by atoms with van der Waals surface area (Å²) in [7, 11) is 0. The number of hydrogen-bond acceptors (Lipinski definition) is 3. The molecular weight excluding hydrogens is 320 g/mol. The average molecular weight is 337 g/mol. The highest BCUT2D eigenvalue weighted by Crippen LogP contribution is 2.30. The summed E-state index contributed by atoms with van der Waals surface area (Å²) in [5.74, 6) is 0. The summed E-state index contributed by atoms with van der Waals surface area (Å²) in [5.41, 5.74) is 1.25. The molecule has 0 aliphatic heterocycles. The van der Waals surface area contributed by atoms with Gasteiger partial charge in [0.05, 0.1) is 0 Å². The maximum absolute atomic E-state index is 4.49. The van der Waals surface area contributed by atoms with E-state index in [-0.39, 0.29) is 0 Å². The fourth-order valence-corrected chi connectivity index (χ4v) is 3.18. The topological polar surface area (TPSA) is 24.9 Å². The first kappa shape index (κ1) is 14.6. The molecule has 0 bridgehead atoms. The van der Waals surface area contributed by atoms with Crippen LogP contribution in [0.25, 0.3) is 0 Å². The summed E-state index contributed by atoms with van der Waals surface area (Å²) in [6.45, 7) is 4.08. The van der Waals surface area contributed by atoms with Gasteiger partial charge in [0.2, 0.25) is 0 Å². The first-order valence-electron chi connectivity index (χ1n) is 6.37. The zero-order valence-corrected chi connectivity index (χ0v) is 13.3. The predicted octanol–water partition coefficient (Wildman–Crippen LogP) is 4.49. The van der Waals surface area contributed by atoms with E-state index in [9.17, 15) is 0 Å². The van der Waals surface area contributed by atoms with Gasteiger partial charge in [0.25, 0.3) is 0 Å². The van der Waals surface area contributed by atoms with Crippen molar-refractivity contribution in [1.29, 1.82) is 0 Å². The van der Waals surface area contributed by atoms with E-state index < -0.39 is 0 Å². The Balaban J connectivity index is 2.11. The van der Waals surface area contributed by atoms with Crippen molar-refractivity contribution in [2.45, 2.75) is 29.8 Å². The van der Waals surface area contributed by atoms with Gasteiger partial charge in [0.15, 0.2) is 0 Å². The van der Waals surface area contributed by atoms with Gasteiger partial charge in [-0.25, -0.2) is 4.98 Å². The molecule has 1 N–H and O–H groups in total. The van der Waals surface area contributed by atoms with E-state index in [0.717, 1.165) is 29.0 Å². The average Bonchev–Trinajstić information content (AvgIpc) is 2.41. The first-order chi connectivity index (χ1) is 9.29. The zero-order chi connectivity index (χ0) is 13.5. The number of nitrogens with zero attached hydrogens (tertiary/aromatic N) is 1. The van der Waals surface area contributed by atoms with Crippen LogP contribution in [0.2, 0.25) is 0 Å². The van der Waals surface area contributed by atoms with Gasteiger partial charge in [-0.3, -0.25) is 0 Å². The number of benzene rings is 1. The van der Waals surface area contributed by atoms with Crippen molar-refractivity contribution >= 4 is 27.7 Å². The molecule has 1 aromatic heterocycles. The number of hydrogen-bond donors (Lipinski definition) is 1. The van der Waals surface area contributed by atoms with E-state index >= 15 is 0 Å². The molecule has 19 heavy (non-hydrogen) atoms. The molecule has 1 aromatic carbocycles. The Morgan fingerprint density at radius 3 is 2.95 bits per heavy atom. The van der Waals surface area contributed by atoms with Crippen LogP contribution in [0.3, 0.4) is 0 Å². The quantitative estimate of drug-likeness (QED) is 0.786. The molecule has 0 fully saturated rings. The fraction of sp³-hybridized carbons (Fsp3) is 0.267. The molecule has 0 atom stereocenters. The van der Waals surface area contributed by atoms with Crippen molar-refractivity contribution in [1.82, 2.24) is 10.3 Å². The van der Waals surface area contributed by atoms with E-state index in [1.54, 1.807) is 11.8 Å². The largest absolute Gasteiger partial charge is 0.313 e. The third-order valence-electron chi connectivity index (χ3n) is 2.60. The van der Waals surface area contributed by atoms with Crippen molar-refractivity contribution in [3.63, 3.8) is 0 Å². The second-order valence-corrected chi connectivity index (χ2v) is 6.18. The Morgan fingerprint density at radius 1 is 1.26 bits per heavy atom. The third kappa shape index (κ3) is 4.64. The van der Waals surface area contributed by atoms with Gasteiger partial charge >= 0.3 is 0 Å². The van der Waals surface area contributed by atoms with Crippen LogP contribution in [0.15, 0.2) is 57.0 Å². The summed E-state index contributed by atoms with van der Waals surface area (Å²) in [4.78, 5) is 5.69. The molecule has 0 saturated heterocycles. The molecule has 2 nitrogen and oxygen atoms in total. The lowest BCUT2D eigenvalue weighted by Crippen LogP contribution is -2.14. The molecule has 100 valence electrons. The summed E-state index contributed by atoms with van der Waals surface area (Å²) in [5, 5.41) is 4.50. The van der Waals surface area contributed by atoms with E-state index in [4.69, 9.17) is 0 Å². The standard InChI is InChI=1S/C15H17BrN2S/c1-2-8-17-11-12-5-4-9-18-15(12)19-14-7-3-6-13(16)10-14/h3-7,9-10,17H,2,8,11H2,1H3. The van der Waals surface area contributed by atoms with Crippen molar-refractivity contribution in [2.24, 2.45) is 0 Å². The normalized spacial score (nSPS) is 10.6. The number of rotatable bonds is 6. The van der Waals surface area contributed by atoms with Gasteiger partial charge in [-0.15, -0.1) is 0 Å². The van der Waals surface area contributed by atoms with Crippen LogP contribution in [0.1, 0.15) is 18.9 Å². The van der Waals surface area contributed by atoms with Crippen molar-refractivity contribution < 1.29 is 0 Å². The molecule has 0 radical (unpaired) electrons. The zero-order valence-electron chi connectivity index (χ0n) is 10.9. The van der Waals surface area contributed by atoms with Crippen molar-refractivity contribution in [3.05, 3.63) is 52.6 Å². The molecule has 2 aromatic rings. The lowest BCUT2D eigenvalue weighted by molar-refractivity contribution is 0.665. The Morgan fingerprint density at radius 2 is 2.16 bits per heavy atom. The minimum Gasteiger partial charge on any atom is -0.313 e. The van der Waals surface area contributed by atoms with Gasteiger partial charge in [-0.1, -0.05) is 46.7 Å². The molecular formula is C15H17BrN2S. The highest BCUT2D eigenvalue weighted by atomic mass is 79.9. The Kier molecular flexibility index (Phi) is 5.89. The van der Waals surface area contributed by atoms with Gasteiger partial charge in [-0.05, 0) is 42.8 Å². The summed E-state index contributed by atoms with van der Waals surface area (Å²) < 4.78 is 1.10. The van der Waals surface area contributed by atoms with E-state index in [1.807, 2.05) is 24.4 Å². The van der Waals surface area contributed by atoms with Gasteiger partial charge in [-0.2, -0.15) is 0 Å². The number of pyridine rings is 1. The van der Waals surface area contributed by atoms with Gasteiger partial charge in [0, 0.05) is 22.1 Å². The number of aromatic nitrogens is 1. The molecule has 0 amide bonds. The molecule has 4 heteroatoms. The minimum atomic E-state index is 0.873. The fourth-order valence-electron chi connectivity index (χ4n) is 1.69. The molecule has 0 saturated carbocycles. The van der Waals surface area contributed by atoms with Crippen molar-refractivity contribution in [3.8, 4) is 0 Å². The van der Waals surface area contributed by atoms with Crippen LogP contribution < -0.4 is 5.32 Å². The van der Waals surface area contributed by atoms with Crippen LogP contribution in [0.4, 0.5) is 0 Å². The maximum Gasteiger partial charge on any atom is 0.105 e. The summed E-state index contributed by atoms with van der Waals surface area (Å²) in [6, 6.07) is 12.4. The molecule has 0 aliphatic rings. The first-order valence-corrected chi connectivity index (χ1v) is 7.98. The van der Waals surface area contributed by atoms with Gasteiger partial charge in [0.1, 0.15) is 5.03 Å². The summed E-state index contributed by atoms with van der Waals surface area (Å²) >= 11 is 5.20. The smallest absolute Gasteiger partial charge is 0.105 e. The minimum absolute atomic E-state index is 0.873. The van der Waals surface area contributed by atoms with Crippen LogP contribution in [0, 0.1) is 0 Å². The second-order valence-electron chi connectivity index (χ2n) is 4.20. The Labute approximate surface area is 127 Å². The van der Waals surface area contributed by atoms with Crippen LogP contribution >= 0.6 is 27.7 Å². The highest BCUT2D eigenvalue weighted by Gasteiger charge is 2.05. The molecule has 2 rings (SSSR count). The predicted molar refractivity (Wildman–Crippen MR) is 84.5 cm³/mol. The van der Waals surface area contributed by atoms with Crippen molar-refractivity contribution in [2.75, 3.05) is 6.54 Å². The lowest BCUT2D eigenvalue weighted by Gasteiger charge is -2.09. The third-order valence-corrected chi connectivity index (χ3v) is 4.15. The highest BCUT2D eigenvalue weighted by molar-refractivity contribution is 9.10. The SMILES string of the molecule is CCCNCc1cccnc1Sc1cccc(Br)c1. The van der Waals surface area contributed by atoms with Gasteiger partial charge < -0.3 is 5.32 Å². The van der Waals surface area contributed by atoms with Crippen LogP contribution in [-0.2, 0) is 6.54 Å². The Hall–Kier alpha value is -0.840. The van der Waals surface area contributed by atoms with E-state index in [1.165, 1.54) is 10.5 Å². The van der Waals surface area contributed by atoms with E-state index in [0.29, 0.717) is 0 Å². The monoisotopic (exact) mass is 336 g/mol. The second kappa shape index (κ2) is 7.68. The molecule has 0 aliphatic carbocycles.